The number of H-pyrrole nitrogens is 1. The highest BCUT2D eigenvalue weighted by atomic mass is 16.2. The molecule has 2 aliphatic rings. The fraction of sp³-hybridized carbons (Fsp3) is 0.667. The Morgan fingerprint density at radius 3 is 2.74 bits per heavy atom. The van der Waals surface area contributed by atoms with E-state index in [4.69, 9.17) is 0 Å². The Bertz CT molecular complexity index is 607. The monoisotopic (exact) mass is 317 g/mol. The minimum atomic E-state index is -0.349. The molecule has 0 radical (unpaired) electrons. The number of piperidine rings is 1. The van der Waals surface area contributed by atoms with Crippen molar-refractivity contribution < 1.29 is 9.59 Å². The maximum atomic E-state index is 12.9. The number of nitrogens with zero attached hydrogens (tertiary/aromatic N) is 2. The molecule has 0 saturated carbocycles. The lowest BCUT2D eigenvalue weighted by Gasteiger charge is -2.41. The molecule has 3 rings (SSSR count). The van der Waals surface area contributed by atoms with Crippen molar-refractivity contribution in [2.45, 2.75) is 52.5 Å². The van der Waals surface area contributed by atoms with E-state index in [9.17, 15) is 9.59 Å². The lowest BCUT2D eigenvalue weighted by Crippen LogP contribution is -2.52. The first-order valence-electron chi connectivity index (χ1n) is 8.75. The predicted octanol–water partition coefficient (Wildman–Crippen LogP) is 2.44. The summed E-state index contributed by atoms with van der Waals surface area (Å²) >= 11 is 0. The van der Waals surface area contributed by atoms with E-state index < -0.39 is 0 Å². The van der Waals surface area contributed by atoms with Gasteiger partial charge in [-0.2, -0.15) is 0 Å². The average molecular weight is 317 g/mol. The fourth-order valence-corrected chi connectivity index (χ4v) is 3.96. The third-order valence-corrected chi connectivity index (χ3v) is 5.39. The van der Waals surface area contributed by atoms with E-state index in [-0.39, 0.29) is 23.3 Å². The molecule has 2 fully saturated rings. The molecule has 1 unspecified atom stereocenters. The van der Waals surface area contributed by atoms with Gasteiger partial charge >= 0.3 is 0 Å². The number of carbonyl (C=O) groups is 2. The van der Waals surface area contributed by atoms with Crippen molar-refractivity contribution in [3.63, 3.8) is 0 Å². The van der Waals surface area contributed by atoms with E-state index in [2.05, 4.69) is 25.8 Å². The summed E-state index contributed by atoms with van der Waals surface area (Å²) in [5, 5.41) is 0. The van der Waals surface area contributed by atoms with Crippen LogP contribution in [0.3, 0.4) is 0 Å². The summed E-state index contributed by atoms with van der Waals surface area (Å²) in [6.45, 7) is 8.29. The second-order valence-electron chi connectivity index (χ2n) is 7.20. The summed E-state index contributed by atoms with van der Waals surface area (Å²) in [5.41, 5.74) is 1.36. The van der Waals surface area contributed by atoms with Crippen LogP contribution in [0.5, 0.6) is 0 Å². The smallest absolute Gasteiger partial charge is 0.270 e. The molecule has 1 aromatic rings. The molecule has 1 spiro atoms. The lowest BCUT2D eigenvalue weighted by molar-refractivity contribution is -0.147. The van der Waals surface area contributed by atoms with Gasteiger partial charge in [0.15, 0.2) is 0 Å². The maximum Gasteiger partial charge on any atom is 0.270 e. The number of likely N-dealkylation sites (tertiary alicyclic amines) is 2. The molecule has 1 atom stereocenters. The van der Waals surface area contributed by atoms with Gasteiger partial charge in [-0.15, -0.1) is 0 Å². The zero-order valence-electron chi connectivity index (χ0n) is 14.4. The number of amides is 2. The summed E-state index contributed by atoms with van der Waals surface area (Å²) in [6, 6.07) is 4.06. The van der Waals surface area contributed by atoms with Gasteiger partial charge in [-0.05, 0) is 51.7 Å². The highest BCUT2D eigenvalue weighted by molar-refractivity contribution is 5.94. The number of aromatic amines is 1. The zero-order valence-corrected chi connectivity index (χ0v) is 14.4. The molecule has 2 amide bonds. The first kappa shape index (κ1) is 16.1. The molecule has 0 aromatic carbocycles. The fourth-order valence-electron chi connectivity index (χ4n) is 3.96. The van der Waals surface area contributed by atoms with E-state index in [1.54, 1.807) is 0 Å². The van der Waals surface area contributed by atoms with Gasteiger partial charge in [-0.25, -0.2) is 0 Å². The van der Waals surface area contributed by atoms with Gasteiger partial charge in [0.25, 0.3) is 5.91 Å². The number of aromatic nitrogens is 1. The van der Waals surface area contributed by atoms with E-state index >= 15 is 0 Å². The van der Waals surface area contributed by atoms with Crippen LogP contribution in [0.15, 0.2) is 12.1 Å². The Morgan fingerprint density at radius 1 is 1.30 bits per heavy atom. The Morgan fingerprint density at radius 2 is 2.09 bits per heavy atom. The third-order valence-electron chi connectivity index (χ3n) is 5.39. The van der Waals surface area contributed by atoms with Crippen molar-refractivity contribution in [3.8, 4) is 0 Å². The van der Waals surface area contributed by atoms with E-state index in [0.29, 0.717) is 18.8 Å². The molecule has 5 heteroatoms. The van der Waals surface area contributed by atoms with Crippen molar-refractivity contribution in [3.05, 3.63) is 23.5 Å². The standard InChI is InChI=1S/C18H27N3O2/c1-4-14-6-7-15(19-14)16(22)20-11-9-18(12-20)8-5-10-21(13(2)3)17(18)23/h6-7,13,19H,4-5,8-12H2,1-3H3. The summed E-state index contributed by atoms with van der Waals surface area (Å²) < 4.78 is 0. The van der Waals surface area contributed by atoms with Crippen LogP contribution in [-0.4, -0.2) is 52.3 Å². The Balaban J connectivity index is 1.74. The van der Waals surface area contributed by atoms with Gasteiger partial charge in [-0.3, -0.25) is 9.59 Å². The predicted molar refractivity (Wildman–Crippen MR) is 89.2 cm³/mol. The van der Waals surface area contributed by atoms with Crippen molar-refractivity contribution in [2.24, 2.45) is 5.41 Å². The van der Waals surface area contributed by atoms with Gasteiger partial charge in [0.1, 0.15) is 5.69 Å². The molecular weight excluding hydrogens is 290 g/mol. The van der Waals surface area contributed by atoms with Crippen molar-refractivity contribution in [1.29, 1.82) is 0 Å². The highest BCUT2D eigenvalue weighted by Crippen LogP contribution is 2.41. The molecule has 3 heterocycles. The summed E-state index contributed by atoms with van der Waals surface area (Å²) in [4.78, 5) is 32.6. The van der Waals surface area contributed by atoms with E-state index in [1.807, 2.05) is 21.9 Å². The molecule has 126 valence electrons. The van der Waals surface area contributed by atoms with Crippen molar-refractivity contribution in [2.75, 3.05) is 19.6 Å². The van der Waals surface area contributed by atoms with Crippen LogP contribution >= 0.6 is 0 Å². The van der Waals surface area contributed by atoms with E-state index in [1.165, 1.54) is 0 Å². The quantitative estimate of drug-likeness (QED) is 0.931. The van der Waals surface area contributed by atoms with Crippen molar-refractivity contribution in [1.82, 2.24) is 14.8 Å². The van der Waals surface area contributed by atoms with Crippen LogP contribution in [0.2, 0.25) is 0 Å². The van der Waals surface area contributed by atoms with Crippen LogP contribution < -0.4 is 0 Å². The summed E-state index contributed by atoms with van der Waals surface area (Å²) in [5.74, 6) is 0.269. The number of hydrogen-bond acceptors (Lipinski definition) is 2. The van der Waals surface area contributed by atoms with Crippen LogP contribution in [0.4, 0.5) is 0 Å². The van der Waals surface area contributed by atoms with Gasteiger partial charge < -0.3 is 14.8 Å². The normalized spacial score (nSPS) is 25.0. The van der Waals surface area contributed by atoms with Crippen LogP contribution in [0.1, 0.15) is 56.2 Å². The first-order valence-corrected chi connectivity index (χ1v) is 8.75. The lowest BCUT2D eigenvalue weighted by atomic mass is 9.78. The zero-order chi connectivity index (χ0) is 16.6. The molecule has 0 bridgehead atoms. The highest BCUT2D eigenvalue weighted by Gasteiger charge is 2.49. The van der Waals surface area contributed by atoms with Gasteiger partial charge in [0.2, 0.25) is 5.91 Å². The Hall–Kier alpha value is -1.78. The molecule has 23 heavy (non-hydrogen) atoms. The van der Waals surface area contributed by atoms with Gasteiger partial charge in [0, 0.05) is 31.4 Å². The van der Waals surface area contributed by atoms with Gasteiger partial charge in [0.05, 0.1) is 5.41 Å². The second kappa shape index (κ2) is 6.02. The largest absolute Gasteiger partial charge is 0.354 e. The molecule has 1 aromatic heterocycles. The number of rotatable bonds is 3. The molecule has 5 nitrogen and oxygen atoms in total. The molecule has 0 aliphatic carbocycles. The maximum absolute atomic E-state index is 12.9. The second-order valence-corrected chi connectivity index (χ2v) is 7.20. The number of carbonyl (C=O) groups excluding carboxylic acids is 2. The van der Waals surface area contributed by atoms with E-state index in [0.717, 1.165) is 37.9 Å². The minimum Gasteiger partial charge on any atom is -0.354 e. The SMILES string of the molecule is CCc1ccc(C(=O)N2CCC3(CCCN(C(C)C)C3=O)C2)[nH]1. The van der Waals surface area contributed by atoms with Crippen molar-refractivity contribution >= 4 is 11.8 Å². The molecule has 2 saturated heterocycles. The van der Waals surface area contributed by atoms with Crippen LogP contribution in [-0.2, 0) is 11.2 Å². The topological polar surface area (TPSA) is 56.4 Å². The summed E-state index contributed by atoms with van der Waals surface area (Å²) in [7, 11) is 0. The van der Waals surface area contributed by atoms with Crippen LogP contribution in [0.25, 0.3) is 0 Å². The molecular formula is C18H27N3O2. The molecule has 2 aliphatic heterocycles. The first-order chi connectivity index (χ1) is 11.0. The average Bonchev–Trinajstić information content (AvgIpc) is 3.17. The van der Waals surface area contributed by atoms with Gasteiger partial charge in [-0.1, -0.05) is 6.92 Å². The Kier molecular flexibility index (Phi) is 4.21. The minimum absolute atomic E-state index is 0.0241. The van der Waals surface area contributed by atoms with Crippen LogP contribution in [0, 0.1) is 5.41 Å². The number of nitrogens with one attached hydrogen (secondary N) is 1. The number of aryl methyl sites for hydroxylation is 1. The number of hydrogen-bond donors (Lipinski definition) is 1. The third kappa shape index (κ3) is 2.77. The summed E-state index contributed by atoms with van der Waals surface area (Å²) in [6.07, 6.45) is 3.62. The Labute approximate surface area is 138 Å². The molecule has 1 N–H and O–H groups in total.